The molecular weight excluding hydrogens is 179 g/mol. The Balaban J connectivity index is 0.000000217. The second-order valence-corrected chi connectivity index (χ2v) is 4.72. The maximum absolute atomic E-state index is 11.9. The topological polar surface area (TPSA) is 34.1 Å². The van der Waals surface area contributed by atoms with Crippen molar-refractivity contribution in [1.29, 1.82) is 0 Å². The van der Waals surface area contributed by atoms with Crippen molar-refractivity contribution in [1.82, 2.24) is 0 Å². The molecule has 4 heteroatoms. The van der Waals surface area contributed by atoms with E-state index in [0.29, 0.717) is 0 Å². The van der Waals surface area contributed by atoms with Crippen molar-refractivity contribution in [3.63, 3.8) is 0 Å². The van der Waals surface area contributed by atoms with Gasteiger partial charge in [0.05, 0.1) is 0 Å². The lowest BCUT2D eigenvalue weighted by Crippen LogP contribution is -1.86. The summed E-state index contributed by atoms with van der Waals surface area (Å²) in [6.45, 7) is 0. The first-order valence-electron chi connectivity index (χ1n) is 3.25. The van der Waals surface area contributed by atoms with Gasteiger partial charge in [-0.05, 0) is 12.1 Å². The average molecular weight is 190 g/mol. The Morgan fingerprint density at radius 2 is 1.42 bits per heavy atom. The Labute approximate surface area is 72.0 Å². The lowest BCUT2D eigenvalue weighted by Gasteiger charge is -1.78. The van der Waals surface area contributed by atoms with Gasteiger partial charge in [-0.1, -0.05) is 18.2 Å². The van der Waals surface area contributed by atoms with Gasteiger partial charge in [-0.2, -0.15) is 0 Å². The molecule has 0 heterocycles. The van der Waals surface area contributed by atoms with E-state index < -0.39 is 9.84 Å². The highest BCUT2D eigenvalue weighted by Crippen LogP contribution is 1.91. The molecule has 0 fully saturated rings. The van der Waals surface area contributed by atoms with E-state index in [4.69, 9.17) is 0 Å². The van der Waals surface area contributed by atoms with Crippen LogP contribution in [0.2, 0.25) is 0 Å². The van der Waals surface area contributed by atoms with Crippen LogP contribution in [-0.4, -0.2) is 20.9 Å². The summed E-state index contributed by atoms with van der Waals surface area (Å²) in [5, 5.41) is 0. The predicted octanol–water partition coefficient (Wildman–Crippen LogP) is 1.49. The number of hydrogen-bond acceptors (Lipinski definition) is 2. The zero-order valence-corrected chi connectivity index (χ0v) is 7.81. The van der Waals surface area contributed by atoms with Crippen molar-refractivity contribution in [3.05, 3.63) is 36.1 Å². The minimum atomic E-state index is -2.67. The van der Waals surface area contributed by atoms with Gasteiger partial charge >= 0.3 is 0 Å². The third-order valence-corrected chi connectivity index (χ3v) is 0.733. The van der Waals surface area contributed by atoms with Crippen LogP contribution in [0, 0.1) is 5.82 Å². The van der Waals surface area contributed by atoms with Gasteiger partial charge in [0.1, 0.15) is 15.7 Å². The molecule has 0 bridgehead atoms. The molecule has 68 valence electrons. The van der Waals surface area contributed by atoms with Gasteiger partial charge in [-0.3, -0.25) is 0 Å². The van der Waals surface area contributed by atoms with Gasteiger partial charge in [0.25, 0.3) is 0 Å². The first kappa shape index (κ1) is 11.1. The van der Waals surface area contributed by atoms with Crippen molar-refractivity contribution in [2.45, 2.75) is 0 Å². The van der Waals surface area contributed by atoms with Gasteiger partial charge < -0.3 is 0 Å². The molecule has 0 radical (unpaired) electrons. The van der Waals surface area contributed by atoms with Gasteiger partial charge in [-0.15, -0.1) is 0 Å². The molecule has 0 spiro atoms. The smallest absolute Gasteiger partial charge is 0.144 e. The first-order chi connectivity index (χ1) is 5.39. The zero-order chi connectivity index (χ0) is 9.61. The summed E-state index contributed by atoms with van der Waals surface area (Å²) in [6.07, 6.45) is 2.32. The van der Waals surface area contributed by atoms with Gasteiger partial charge in [0.2, 0.25) is 0 Å². The summed E-state index contributed by atoms with van der Waals surface area (Å²) in [6, 6.07) is 7.94. The SMILES string of the molecule is CS(C)(=O)=O.Fc1ccccc1. The van der Waals surface area contributed by atoms with Crippen molar-refractivity contribution in [2.24, 2.45) is 0 Å². The normalized spacial score (nSPS) is 9.92. The summed E-state index contributed by atoms with van der Waals surface area (Å²) in [5.41, 5.74) is 0. The highest BCUT2D eigenvalue weighted by atomic mass is 32.2. The number of sulfone groups is 1. The third-order valence-electron chi connectivity index (χ3n) is 0.733. The number of rotatable bonds is 0. The van der Waals surface area contributed by atoms with Crippen molar-refractivity contribution >= 4 is 9.84 Å². The quantitative estimate of drug-likeness (QED) is 0.621. The Morgan fingerprint density at radius 3 is 1.58 bits per heavy atom. The molecule has 0 saturated heterocycles. The van der Waals surface area contributed by atoms with Crippen LogP contribution in [0.4, 0.5) is 4.39 Å². The maximum atomic E-state index is 11.9. The van der Waals surface area contributed by atoms with E-state index in [2.05, 4.69) is 0 Å². The lowest BCUT2D eigenvalue weighted by atomic mass is 10.4. The molecule has 0 aliphatic rings. The molecule has 12 heavy (non-hydrogen) atoms. The molecule has 0 N–H and O–H groups in total. The fraction of sp³-hybridized carbons (Fsp3) is 0.250. The second-order valence-electron chi connectivity index (χ2n) is 2.44. The Bertz CT molecular complexity index is 297. The fourth-order valence-corrected chi connectivity index (χ4v) is 0.415. The average Bonchev–Trinajstić information content (AvgIpc) is 1.85. The maximum Gasteiger partial charge on any atom is 0.144 e. The fourth-order valence-electron chi connectivity index (χ4n) is 0.415. The largest absolute Gasteiger partial charge is 0.229 e. The van der Waals surface area contributed by atoms with Crippen LogP contribution in [0.15, 0.2) is 30.3 Å². The summed E-state index contributed by atoms with van der Waals surface area (Å²) in [7, 11) is -2.67. The second kappa shape index (κ2) is 4.87. The first-order valence-corrected chi connectivity index (χ1v) is 5.55. The Morgan fingerprint density at radius 1 is 1.08 bits per heavy atom. The monoisotopic (exact) mass is 190 g/mol. The predicted molar refractivity (Wildman–Crippen MR) is 47.2 cm³/mol. The highest BCUT2D eigenvalue weighted by molar-refractivity contribution is 7.89. The van der Waals surface area contributed by atoms with Crippen LogP contribution in [0.5, 0.6) is 0 Å². The van der Waals surface area contributed by atoms with Crippen LogP contribution in [0.1, 0.15) is 0 Å². The summed E-state index contributed by atoms with van der Waals surface area (Å²) in [5.74, 6) is -0.178. The van der Waals surface area contributed by atoms with E-state index in [-0.39, 0.29) is 5.82 Å². The summed E-state index contributed by atoms with van der Waals surface area (Å²) in [4.78, 5) is 0. The minimum absolute atomic E-state index is 0.178. The van der Waals surface area contributed by atoms with E-state index >= 15 is 0 Å². The number of halogens is 1. The minimum Gasteiger partial charge on any atom is -0.229 e. The Kier molecular flexibility index (Phi) is 4.51. The molecular formula is C8H11FO2S. The molecule has 1 aromatic carbocycles. The van der Waals surface area contributed by atoms with Crippen LogP contribution >= 0.6 is 0 Å². The Hall–Kier alpha value is -0.900. The van der Waals surface area contributed by atoms with E-state index in [1.165, 1.54) is 12.1 Å². The molecule has 0 amide bonds. The van der Waals surface area contributed by atoms with Gasteiger partial charge in [0, 0.05) is 12.5 Å². The third kappa shape index (κ3) is 11.8. The standard InChI is InChI=1S/C6H5F.C2H6O2S/c7-6-4-2-1-3-5-6;1-5(2,3)4/h1-5H;1-2H3. The molecule has 0 unspecified atom stereocenters. The zero-order valence-electron chi connectivity index (χ0n) is 6.99. The lowest BCUT2D eigenvalue weighted by molar-refractivity contribution is 0.607. The van der Waals surface area contributed by atoms with Crippen molar-refractivity contribution in [3.8, 4) is 0 Å². The van der Waals surface area contributed by atoms with Crippen LogP contribution in [0.3, 0.4) is 0 Å². The van der Waals surface area contributed by atoms with E-state index in [0.717, 1.165) is 12.5 Å². The molecule has 0 aromatic heterocycles. The van der Waals surface area contributed by atoms with Crippen LogP contribution in [0.25, 0.3) is 0 Å². The molecule has 0 atom stereocenters. The van der Waals surface area contributed by atoms with E-state index in [1.54, 1.807) is 18.2 Å². The number of hydrogen-bond donors (Lipinski definition) is 0. The van der Waals surface area contributed by atoms with Crippen LogP contribution < -0.4 is 0 Å². The molecule has 1 aromatic rings. The molecule has 0 aliphatic carbocycles. The highest BCUT2D eigenvalue weighted by Gasteiger charge is 1.79. The van der Waals surface area contributed by atoms with E-state index in [1.807, 2.05) is 0 Å². The van der Waals surface area contributed by atoms with Gasteiger partial charge in [0.15, 0.2) is 0 Å². The molecule has 1 rings (SSSR count). The van der Waals surface area contributed by atoms with Crippen molar-refractivity contribution in [2.75, 3.05) is 12.5 Å². The molecule has 0 saturated carbocycles. The van der Waals surface area contributed by atoms with Gasteiger partial charge in [-0.25, -0.2) is 12.8 Å². The summed E-state index contributed by atoms with van der Waals surface area (Å²) >= 11 is 0. The van der Waals surface area contributed by atoms with Crippen LogP contribution in [-0.2, 0) is 9.84 Å². The van der Waals surface area contributed by atoms with E-state index in [9.17, 15) is 12.8 Å². The molecule has 0 aliphatic heterocycles. The van der Waals surface area contributed by atoms with Crippen molar-refractivity contribution < 1.29 is 12.8 Å². The summed E-state index contributed by atoms with van der Waals surface area (Å²) < 4.78 is 31.2. The molecule has 2 nitrogen and oxygen atoms in total. The number of benzene rings is 1.